The number of sulfonamides is 1. The molecule has 1 fully saturated rings. The summed E-state index contributed by atoms with van der Waals surface area (Å²) in [5.41, 5.74) is 3.66. The Morgan fingerprint density at radius 2 is 1.88 bits per heavy atom. The highest BCUT2D eigenvalue weighted by molar-refractivity contribution is 7.89. The normalized spacial score (nSPS) is 19.8. The molecule has 0 amide bonds. The van der Waals surface area contributed by atoms with Gasteiger partial charge in [0.25, 0.3) is 0 Å². The third-order valence-corrected chi connectivity index (χ3v) is 8.37. The zero-order valence-electron chi connectivity index (χ0n) is 18.6. The monoisotopic (exact) mass is 516 g/mol. The van der Waals surface area contributed by atoms with Gasteiger partial charge in [-0.2, -0.15) is 13.2 Å². The van der Waals surface area contributed by atoms with E-state index in [1.807, 2.05) is 30.3 Å². The van der Waals surface area contributed by atoms with Crippen LogP contribution in [0.2, 0.25) is 5.02 Å². The Hall–Kier alpha value is -1.81. The van der Waals surface area contributed by atoms with Crippen molar-refractivity contribution in [2.75, 3.05) is 25.4 Å². The van der Waals surface area contributed by atoms with E-state index in [2.05, 4.69) is 22.2 Å². The first kappa shape index (κ1) is 25.3. The Kier molecular flexibility index (Phi) is 7.47. The molecule has 0 radical (unpaired) electrons. The molecule has 2 N–H and O–H groups in total. The minimum atomic E-state index is -4.51. The molecule has 2 aliphatic rings. The number of alkyl halides is 3. The standard InChI is InChI=1S/C24H28ClF3N2O3S/c25-19-5-3-18(4-6-19)23(9-1-10-23)22-21-16-20(7-2-17(21)8-12-29-22)33-14-13-30-34(31,32)15-11-24(26,27)28/h2-7,16,22,29-30H,1,8-15H2. The van der Waals surface area contributed by atoms with Crippen LogP contribution in [0.4, 0.5) is 13.2 Å². The van der Waals surface area contributed by atoms with Crippen molar-refractivity contribution in [3.05, 3.63) is 64.2 Å². The van der Waals surface area contributed by atoms with Gasteiger partial charge in [-0.1, -0.05) is 36.2 Å². The molecule has 1 atom stereocenters. The van der Waals surface area contributed by atoms with E-state index in [-0.39, 0.29) is 24.6 Å². The van der Waals surface area contributed by atoms with E-state index in [9.17, 15) is 21.6 Å². The summed E-state index contributed by atoms with van der Waals surface area (Å²) in [6, 6.07) is 14.1. The van der Waals surface area contributed by atoms with Gasteiger partial charge in [0.15, 0.2) is 0 Å². The first-order chi connectivity index (χ1) is 16.1. The molecule has 1 heterocycles. The summed E-state index contributed by atoms with van der Waals surface area (Å²) in [6.45, 7) is 0.797. The Morgan fingerprint density at radius 1 is 1.15 bits per heavy atom. The number of nitrogens with one attached hydrogen (secondary N) is 2. The third kappa shape index (κ3) is 5.87. The molecule has 0 spiro atoms. The molecule has 1 saturated carbocycles. The molecule has 10 heteroatoms. The Balaban J connectivity index is 1.43. The van der Waals surface area contributed by atoms with E-state index in [1.54, 1.807) is 0 Å². The lowest BCUT2D eigenvalue weighted by atomic mass is 9.58. The van der Waals surface area contributed by atoms with Gasteiger partial charge in [-0.15, -0.1) is 0 Å². The number of ether oxygens (including phenoxy) is 1. The van der Waals surface area contributed by atoms with Crippen molar-refractivity contribution in [2.24, 2.45) is 0 Å². The van der Waals surface area contributed by atoms with E-state index >= 15 is 0 Å². The van der Waals surface area contributed by atoms with Crippen LogP contribution in [0, 0.1) is 0 Å². The largest absolute Gasteiger partial charge is 0.492 e. The van der Waals surface area contributed by atoms with Gasteiger partial charge < -0.3 is 10.1 Å². The predicted molar refractivity (Wildman–Crippen MR) is 126 cm³/mol. The maximum atomic E-state index is 12.3. The molecule has 2 aromatic rings. The van der Waals surface area contributed by atoms with E-state index in [0.717, 1.165) is 32.2 Å². The summed E-state index contributed by atoms with van der Waals surface area (Å²) in [6.07, 6.45) is -1.70. The summed E-state index contributed by atoms with van der Waals surface area (Å²) >= 11 is 6.11. The molecule has 2 aromatic carbocycles. The summed E-state index contributed by atoms with van der Waals surface area (Å²) in [5.74, 6) is -0.386. The number of benzene rings is 2. The molecular formula is C24H28ClF3N2O3S. The molecule has 0 bridgehead atoms. The van der Waals surface area contributed by atoms with E-state index < -0.39 is 28.4 Å². The highest BCUT2D eigenvalue weighted by Crippen LogP contribution is 2.53. The zero-order chi connectivity index (χ0) is 24.4. The van der Waals surface area contributed by atoms with Crippen LogP contribution in [0.15, 0.2) is 42.5 Å². The molecule has 4 rings (SSSR count). The van der Waals surface area contributed by atoms with Crippen molar-refractivity contribution in [3.8, 4) is 5.75 Å². The molecule has 1 aliphatic carbocycles. The fourth-order valence-corrected chi connectivity index (χ4v) is 6.05. The second kappa shape index (κ2) is 10.0. The maximum Gasteiger partial charge on any atom is 0.390 e. The van der Waals surface area contributed by atoms with Crippen LogP contribution in [-0.4, -0.2) is 40.0 Å². The Bertz CT molecular complexity index is 1100. The quantitative estimate of drug-likeness (QED) is 0.465. The summed E-state index contributed by atoms with van der Waals surface area (Å²) in [7, 11) is -4.01. The molecule has 5 nitrogen and oxygen atoms in total. The van der Waals surface area contributed by atoms with Crippen LogP contribution in [0.5, 0.6) is 5.75 Å². The van der Waals surface area contributed by atoms with Crippen LogP contribution in [0.3, 0.4) is 0 Å². The number of rotatable bonds is 9. The topological polar surface area (TPSA) is 67.4 Å². The van der Waals surface area contributed by atoms with Crippen molar-refractivity contribution < 1.29 is 26.3 Å². The van der Waals surface area contributed by atoms with Gasteiger partial charge in [0.2, 0.25) is 10.0 Å². The highest BCUT2D eigenvalue weighted by atomic mass is 35.5. The molecular weight excluding hydrogens is 489 g/mol. The lowest BCUT2D eigenvalue weighted by Gasteiger charge is -2.50. The molecule has 0 saturated heterocycles. The smallest absolute Gasteiger partial charge is 0.390 e. The number of hydrogen-bond donors (Lipinski definition) is 2. The lowest BCUT2D eigenvalue weighted by Crippen LogP contribution is -2.49. The van der Waals surface area contributed by atoms with Crippen LogP contribution >= 0.6 is 11.6 Å². The second-order valence-corrected chi connectivity index (χ2v) is 11.3. The van der Waals surface area contributed by atoms with Crippen molar-refractivity contribution >= 4 is 21.6 Å². The van der Waals surface area contributed by atoms with Crippen molar-refractivity contribution in [2.45, 2.75) is 49.7 Å². The number of fused-ring (bicyclic) bond motifs is 1. The summed E-state index contributed by atoms with van der Waals surface area (Å²) in [5, 5.41) is 4.41. The van der Waals surface area contributed by atoms with Gasteiger partial charge in [-0.05, 0) is 66.8 Å². The highest BCUT2D eigenvalue weighted by Gasteiger charge is 2.47. The molecule has 186 valence electrons. The molecule has 1 unspecified atom stereocenters. The minimum Gasteiger partial charge on any atom is -0.492 e. The predicted octanol–water partition coefficient (Wildman–Crippen LogP) is 4.90. The number of hydrogen-bond acceptors (Lipinski definition) is 4. The first-order valence-corrected chi connectivity index (χ1v) is 13.4. The van der Waals surface area contributed by atoms with E-state index in [1.165, 1.54) is 16.7 Å². The Morgan fingerprint density at radius 3 is 2.53 bits per heavy atom. The summed E-state index contributed by atoms with van der Waals surface area (Å²) < 4.78 is 68.2. The van der Waals surface area contributed by atoms with Gasteiger partial charge in [0.05, 0.1) is 12.2 Å². The SMILES string of the molecule is O=S(=O)(CCC(F)(F)F)NCCOc1ccc2c(c1)C(C1(c3ccc(Cl)cc3)CCC1)NCC2. The average molecular weight is 517 g/mol. The van der Waals surface area contributed by atoms with Gasteiger partial charge in [0, 0.05) is 23.0 Å². The van der Waals surface area contributed by atoms with Crippen LogP contribution < -0.4 is 14.8 Å². The fourth-order valence-electron chi connectivity index (χ4n) is 4.89. The van der Waals surface area contributed by atoms with Gasteiger partial charge >= 0.3 is 6.18 Å². The average Bonchev–Trinajstić information content (AvgIpc) is 2.76. The van der Waals surface area contributed by atoms with Crippen molar-refractivity contribution in [1.82, 2.24) is 10.0 Å². The first-order valence-electron chi connectivity index (χ1n) is 11.4. The summed E-state index contributed by atoms with van der Waals surface area (Å²) in [4.78, 5) is 0. The zero-order valence-corrected chi connectivity index (χ0v) is 20.2. The van der Waals surface area contributed by atoms with Crippen molar-refractivity contribution in [1.29, 1.82) is 0 Å². The van der Waals surface area contributed by atoms with Crippen LogP contribution in [-0.2, 0) is 21.9 Å². The Labute approximate surface area is 203 Å². The van der Waals surface area contributed by atoms with Crippen LogP contribution in [0.1, 0.15) is 48.4 Å². The molecule has 1 aliphatic heterocycles. The van der Waals surface area contributed by atoms with E-state index in [4.69, 9.17) is 16.3 Å². The fraction of sp³-hybridized carbons (Fsp3) is 0.500. The number of halogens is 4. The minimum absolute atomic E-state index is 0.0183. The molecule has 34 heavy (non-hydrogen) atoms. The molecule has 0 aromatic heterocycles. The van der Waals surface area contributed by atoms with Crippen molar-refractivity contribution in [3.63, 3.8) is 0 Å². The van der Waals surface area contributed by atoms with Gasteiger partial charge in [-0.3, -0.25) is 0 Å². The van der Waals surface area contributed by atoms with Crippen LogP contribution in [0.25, 0.3) is 0 Å². The maximum absolute atomic E-state index is 12.3. The second-order valence-electron chi connectivity index (χ2n) is 8.94. The third-order valence-electron chi connectivity index (χ3n) is 6.74. The lowest BCUT2D eigenvalue weighted by molar-refractivity contribution is -0.129. The van der Waals surface area contributed by atoms with E-state index in [0.29, 0.717) is 10.8 Å². The van der Waals surface area contributed by atoms with Gasteiger partial charge in [0.1, 0.15) is 12.4 Å². The van der Waals surface area contributed by atoms with Gasteiger partial charge in [-0.25, -0.2) is 13.1 Å².